The van der Waals surface area contributed by atoms with E-state index in [1.807, 2.05) is 0 Å². The van der Waals surface area contributed by atoms with Crippen LogP contribution in [0.2, 0.25) is 0 Å². The molecule has 29 heavy (non-hydrogen) atoms. The molecule has 0 spiro atoms. The van der Waals surface area contributed by atoms with Crippen molar-refractivity contribution in [1.82, 2.24) is 0 Å². The summed E-state index contributed by atoms with van der Waals surface area (Å²) in [6.45, 7) is 2.29. The molecule has 0 fully saturated rings. The SMILES string of the molecule is CCCCCCCCCCCCCCCCCCCCCCCC(OC)C(=O)O. The molecule has 0 aliphatic carbocycles. The van der Waals surface area contributed by atoms with Gasteiger partial charge in [0, 0.05) is 7.11 Å². The van der Waals surface area contributed by atoms with E-state index >= 15 is 0 Å². The van der Waals surface area contributed by atoms with E-state index in [1.54, 1.807) is 0 Å². The number of carboxylic acids is 1. The van der Waals surface area contributed by atoms with Crippen molar-refractivity contribution in [2.75, 3.05) is 7.11 Å². The Labute approximate surface area is 182 Å². The molecule has 0 bridgehead atoms. The summed E-state index contributed by atoms with van der Waals surface area (Å²) in [6.07, 6.45) is 28.8. The van der Waals surface area contributed by atoms with Crippen LogP contribution in [0.15, 0.2) is 0 Å². The number of aliphatic carboxylic acids is 1. The van der Waals surface area contributed by atoms with Crippen LogP contribution in [0, 0.1) is 0 Å². The van der Waals surface area contributed by atoms with E-state index < -0.39 is 12.1 Å². The van der Waals surface area contributed by atoms with E-state index in [1.165, 1.54) is 129 Å². The zero-order valence-electron chi connectivity index (χ0n) is 19.9. The van der Waals surface area contributed by atoms with Crippen molar-refractivity contribution in [3.05, 3.63) is 0 Å². The summed E-state index contributed by atoms with van der Waals surface area (Å²) in [4.78, 5) is 10.8. The van der Waals surface area contributed by atoms with Gasteiger partial charge in [-0.2, -0.15) is 0 Å². The Bertz CT molecular complexity index is 330. The highest BCUT2D eigenvalue weighted by atomic mass is 16.5. The normalized spacial score (nSPS) is 12.3. The van der Waals surface area contributed by atoms with E-state index in [9.17, 15) is 4.79 Å². The molecule has 0 aromatic heterocycles. The molecule has 0 aromatic carbocycles. The second-order valence-corrected chi connectivity index (χ2v) is 8.92. The van der Waals surface area contributed by atoms with Gasteiger partial charge < -0.3 is 9.84 Å². The lowest BCUT2D eigenvalue weighted by molar-refractivity contribution is -0.148. The molecule has 0 radical (unpaired) electrons. The van der Waals surface area contributed by atoms with E-state index in [0.717, 1.165) is 12.8 Å². The lowest BCUT2D eigenvalue weighted by Crippen LogP contribution is -2.21. The number of ether oxygens (including phenoxy) is 1. The van der Waals surface area contributed by atoms with Crippen LogP contribution < -0.4 is 0 Å². The third kappa shape index (κ3) is 21.9. The van der Waals surface area contributed by atoms with Crippen molar-refractivity contribution in [3.8, 4) is 0 Å². The Morgan fingerprint density at radius 2 is 0.862 bits per heavy atom. The molecule has 0 aliphatic rings. The maximum atomic E-state index is 10.8. The lowest BCUT2D eigenvalue weighted by Gasteiger charge is -2.09. The molecule has 0 heterocycles. The van der Waals surface area contributed by atoms with Crippen LogP contribution in [0.3, 0.4) is 0 Å². The standard InChI is InChI=1S/C26H52O3/c1-3-4-5-6-7-8-9-10-11-12-13-14-15-16-17-18-19-20-21-22-23-24-25(29-2)26(27)28/h25H,3-24H2,1-2H3,(H,27,28). The number of carboxylic acid groups (broad SMARTS) is 1. The molecular weight excluding hydrogens is 360 g/mol. The largest absolute Gasteiger partial charge is 0.479 e. The molecule has 1 N–H and O–H groups in total. The summed E-state index contributed by atoms with van der Waals surface area (Å²) in [5.41, 5.74) is 0. The fourth-order valence-corrected chi connectivity index (χ4v) is 4.10. The maximum Gasteiger partial charge on any atom is 0.332 e. The quantitative estimate of drug-likeness (QED) is 0.161. The van der Waals surface area contributed by atoms with Gasteiger partial charge in [0.05, 0.1) is 0 Å². The van der Waals surface area contributed by atoms with Crippen molar-refractivity contribution in [3.63, 3.8) is 0 Å². The van der Waals surface area contributed by atoms with E-state index in [2.05, 4.69) is 6.92 Å². The molecule has 0 saturated carbocycles. The number of methoxy groups -OCH3 is 1. The molecule has 3 heteroatoms. The van der Waals surface area contributed by atoms with Crippen molar-refractivity contribution in [1.29, 1.82) is 0 Å². The second-order valence-electron chi connectivity index (χ2n) is 8.92. The van der Waals surface area contributed by atoms with Gasteiger partial charge in [-0.3, -0.25) is 0 Å². The van der Waals surface area contributed by atoms with Crippen LogP contribution in [0.4, 0.5) is 0 Å². The molecule has 1 unspecified atom stereocenters. The predicted molar refractivity (Wildman–Crippen MR) is 126 cm³/mol. The first-order valence-corrected chi connectivity index (χ1v) is 13.0. The fraction of sp³-hybridized carbons (Fsp3) is 0.962. The van der Waals surface area contributed by atoms with E-state index in [4.69, 9.17) is 9.84 Å². The van der Waals surface area contributed by atoms with Gasteiger partial charge in [0.1, 0.15) is 0 Å². The molecule has 0 aliphatic heterocycles. The molecule has 3 nitrogen and oxygen atoms in total. The summed E-state index contributed by atoms with van der Waals surface area (Å²) in [5.74, 6) is -0.833. The molecular formula is C26H52O3. The average molecular weight is 413 g/mol. The smallest absolute Gasteiger partial charge is 0.332 e. The number of rotatable bonds is 24. The van der Waals surface area contributed by atoms with Gasteiger partial charge in [-0.1, -0.05) is 142 Å². The Kier molecular flexibility index (Phi) is 23.2. The number of unbranched alkanes of at least 4 members (excludes halogenated alkanes) is 20. The van der Waals surface area contributed by atoms with Crippen molar-refractivity contribution in [2.24, 2.45) is 0 Å². The van der Waals surface area contributed by atoms with Crippen LogP contribution in [-0.4, -0.2) is 24.3 Å². The summed E-state index contributed by atoms with van der Waals surface area (Å²) in [6, 6.07) is 0. The summed E-state index contributed by atoms with van der Waals surface area (Å²) in [7, 11) is 1.48. The van der Waals surface area contributed by atoms with Gasteiger partial charge >= 0.3 is 5.97 Å². The van der Waals surface area contributed by atoms with Gasteiger partial charge in [-0.05, 0) is 6.42 Å². The number of carbonyl (C=O) groups is 1. The van der Waals surface area contributed by atoms with E-state index in [0.29, 0.717) is 6.42 Å². The average Bonchev–Trinajstić information content (AvgIpc) is 2.71. The van der Waals surface area contributed by atoms with Gasteiger partial charge in [0.15, 0.2) is 6.10 Å². The van der Waals surface area contributed by atoms with Crippen LogP contribution in [-0.2, 0) is 9.53 Å². The molecule has 0 amide bonds. The zero-order valence-corrected chi connectivity index (χ0v) is 19.9. The Morgan fingerprint density at radius 3 is 1.10 bits per heavy atom. The Hall–Kier alpha value is -0.570. The van der Waals surface area contributed by atoms with Gasteiger partial charge in [-0.25, -0.2) is 4.79 Å². The minimum Gasteiger partial charge on any atom is -0.479 e. The third-order valence-corrected chi connectivity index (χ3v) is 6.13. The van der Waals surface area contributed by atoms with Gasteiger partial charge in [-0.15, -0.1) is 0 Å². The first kappa shape index (κ1) is 28.4. The lowest BCUT2D eigenvalue weighted by atomic mass is 10.0. The maximum absolute atomic E-state index is 10.8. The van der Waals surface area contributed by atoms with E-state index in [-0.39, 0.29) is 0 Å². The topological polar surface area (TPSA) is 46.5 Å². The molecule has 0 aromatic rings. The van der Waals surface area contributed by atoms with Crippen molar-refractivity contribution in [2.45, 2.75) is 154 Å². The first-order valence-electron chi connectivity index (χ1n) is 13.0. The van der Waals surface area contributed by atoms with Crippen molar-refractivity contribution < 1.29 is 14.6 Å². The molecule has 0 rings (SSSR count). The van der Waals surface area contributed by atoms with Crippen LogP contribution in [0.5, 0.6) is 0 Å². The summed E-state index contributed by atoms with van der Waals surface area (Å²) < 4.78 is 4.96. The zero-order chi connectivity index (χ0) is 21.4. The van der Waals surface area contributed by atoms with Gasteiger partial charge in [0.2, 0.25) is 0 Å². The fourth-order valence-electron chi connectivity index (χ4n) is 4.10. The van der Waals surface area contributed by atoms with Crippen LogP contribution in [0.25, 0.3) is 0 Å². The first-order chi connectivity index (χ1) is 14.2. The predicted octanol–water partition coefficient (Wildman–Crippen LogP) is 8.69. The Balaban J connectivity index is 3.09. The monoisotopic (exact) mass is 412 g/mol. The number of hydrogen-bond donors (Lipinski definition) is 1. The number of hydrogen-bond acceptors (Lipinski definition) is 2. The highest BCUT2D eigenvalue weighted by Gasteiger charge is 2.14. The molecule has 1 atom stereocenters. The second kappa shape index (κ2) is 23.7. The van der Waals surface area contributed by atoms with Crippen LogP contribution >= 0.6 is 0 Å². The van der Waals surface area contributed by atoms with Crippen molar-refractivity contribution >= 4 is 5.97 Å². The molecule has 0 saturated heterocycles. The highest BCUT2D eigenvalue weighted by molar-refractivity contribution is 5.72. The molecule has 174 valence electrons. The Morgan fingerprint density at radius 1 is 0.586 bits per heavy atom. The van der Waals surface area contributed by atoms with Crippen LogP contribution in [0.1, 0.15) is 148 Å². The third-order valence-electron chi connectivity index (χ3n) is 6.13. The minimum absolute atomic E-state index is 0.615. The minimum atomic E-state index is -0.833. The summed E-state index contributed by atoms with van der Waals surface area (Å²) in [5, 5.41) is 8.91. The summed E-state index contributed by atoms with van der Waals surface area (Å²) >= 11 is 0. The van der Waals surface area contributed by atoms with Gasteiger partial charge in [0.25, 0.3) is 0 Å². The highest BCUT2D eigenvalue weighted by Crippen LogP contribution is 2.15.